The number of nitriles is 1. The Morgan fingerprint density at radius 2 is 2.00 bits per heavy atom. The van der Waals surface area contributed by atoms with E-state index >= 15 is 0 Å². The first-order chi connectivity index (χ1) is 14.4. The van der Waals surface area contributed by atoms with E-state index in [1.54, 1.807) is 27.6 Å². The van der Waals surface area contributed by atoms with Gasteiger partial charge < -0.3 is 0 Å². The van der Waals surface area contributed by atoms with Gasteiger partial charge in [0.1, 0.15) is 11.1 Å². The first-order valence-electron chi connectivity index (χ1n) is 10.6. The third-order valence-corrected chi connectivity index (χ3v) is 8.76. The Balaban J connectivity index is 1.71. The smallest absolute Gasteiger partial charge is 0.232 e. The van der Waals surface area contributed by atoms with E-state index in [0.29, 0.717) is 24.8 Å². The van der Waals surface area contributed by atoms with Crippen LogP contribution in [0.4, 0.5) is 5.00 Å². The Bertz CT molecular complexity index is 1120. The minimum atomic E-state index is -0.199. The molecule has 4 nitrogen and oxygen atoms in total. The fraction of sp³-hybridized carbons (Fsp3) is 0.458. The third kappa shape index (κ3) is 3.07. The molecule has 0 fully saturated rings. The van der Waals surface area contributed by atoms with Crippen LogP contribution in [0.1, 0.15) is 72.8 Å². The SMILES string of the molecule is CC1(C)CC(=O)C2=C(C1)N(c1sc3c(c1C#N)CCCC3)C(=O)CC2c1cccs1. The van der Waals surface area contributed by atoms with Crippen molar-refractivity contribution in [2.75, 3.05) is 4.90 Å². The predicted molar refractivity (Wildman–Crippen MR) is 120 cm³/mol. The summed E-state index contributed by atoms with van der Waals surface area (Å²) in [6.45, 7) is 4.19. The molecule has 1 amide bonds. The van der Waals surface area contributed by atoms with Crippen molar-refractivity contribution in [3.05, 3.63) is 49.7 Å². The van der Waals surface area contributed by atoms with E-state index in [1.165, 1.54) is 4.88 Å². The minimum absolute atomic E-state index is 0.00717. The van der Waals surface area contributed by atoms with Gasteiger partial charge in [-0.3, -0.25) is 14.5 Å². The highest BCUT2D eigenvalue weighted by Gasteiger charge is 2.45. The van der Waals surface area contributed by atoms with E-state index in [4.69, 9.17) is 0 Å². The van der Waals surface area contributed by atoms with Crippen molar-refractivity contribution in [1.82, 2.24) is 0 Å². The van der Waals surface area contributed by atoms with Crippen LogP contribution in [-0.2, 0) is 22.4 Å². The fourth-order valence-corrected chi connectivity index (χ4v) is 7.43. The van der Waals surface area contributed by atoms with Gasteiger partial charge in [-0.2, -0.15) is 5.26 Å². The molecule has 1 atom stereocenters. The normalized spacial score (nSPS) is 23.2. The van der Waals surface area contributed by atoms with Crippen LogP contribution >= 0.6 is 22.7 Å². The van der Waals surface area contributed by atoms with Crippen molar-refractivity contribution in [2.45, 2.75) is 64.7 Å². The van der Waals surface area contributed by atoms with Crippen LogP contribution in [0.25, 0.3) is 0 Å². The summed E-state index contributed by atoms with van der Waals surface area (Å²) >= 11 is 3.20. The van der Waals surface area contributed by atoms with E-state index in [1.807, 2.05) is 17.5 Å². The molecule has 3 aliphatic rings. The van der Waals surface area contributed by atoms with Crippen molar-refractivity contribution in [1.29, 1.82) is 5.26 Å². The van der Waals surface area contributed by atoms with Crippen LogP contribution in [-0.4, -0.2) is 11.7 Å². The van der Waals surface area contributed by atoms with Gasteiger partial charge in [-0.05, 0) is 54.5 Å². The van der Waals surface area contributed by atoms with E-state index in [9.17, 15) is 14.9 Å². The lowest BCUT2D eigenvalue weighted by atomic mass is 9.70. The third-order valence-electron chi connectivity index (χ3n) is 6.50. The van der Waals surface area contributed by atoms with Crippen LogP contribution in [0.5, 0.6) is 0 Å². The molecule has 2 aromatic rings. The standard InChI is InChI=1S/C24H24N2O2S2/c1-24(2)11-17-22(18(27)12-24)15(19-8-5-9-29-19)10-21(28)26(17)23-16(13-25)14-6-3-4-7-20(14)30-23/h5,8-9,15H,3-4,6-7,10-12H2,1-2H3. The molecule has 0 radical (unpaired) electrons. The van der Waals surface area contributed by atoms with Crippen LogP contribution in [0.15, 0.2) is 28.8 Å². The van der Waals surface area contributed by atoms with Gasteiger partial charge in [0, 0.05) is 39.8 Å². The molecule has 0 aromatic carbocycles. The molecule has 154 valence electrons. The molecule has 0 saturated carbocycles. The number of allylic oxidation sites excluding steroid dienone is 2. The van der Waals surface area contributed by atoms with Gasteiger partial charge in [0.2, 0.25) is 5.91 Å². The number of hydrogen-bond donors (Lipinski definition) is 0. The van der Waals surface area contributed by atoms with Gasteiger partial charge in [-0.15, -0.1) is 22.7 Å². The van der Waals surface area contributed by atoms with Crippen LogP contribution in [0, 0.1) is 16.7 Å². The van der Waals surface area contributed by atoms with Crippen molar-refractivity contribution in [3.8, 4) is 6.07 Å². The number of carbonyl (C=O) groups excluding carboxylic acids is 2. The highest BCUT2D eigenvalue weighted by Crippen LogP contribution is 2.51. The predicted octanol–water partition coefficient (Wildman–Crippen LogP) is 5.72. The zero-order valence-electron chi connectivity index (χ0n) is 17.3. The molecular weight excluding hydrogens is 412 g/mol. The number of hydrogen-bond acceptors (Lipinski definition) is 5. The van der Waals surface area contributed by atoms with Crippen LogP contribution in [0.3, 0.4) is 0 Å². The monoisotopic (exact) mass is 436 g/mol. The largest absolute Gasteiger partial charge is 0.294 e. The molecule has 0 spiro atoms. The zero-order valence-corrected chi connectivity index (χ0v) is 18.9. The van der Waals surface area contributed by atoms with Crippen molar-refractivity contribution in [3.63, 3.8) is 0 Å². The van der Waals surface area contributed by atoms with Crippen molar-refractivity contribution < 1.29 is 9.59 Å². The average molecular weight is 437 g/mol. The molecule has 1 aliphatic heterocycles. The number of amides is 1. The molecule has 6 heteroatoms. The number of rotatable bonds is 2. The number of thiophene rings is 2. The Kier molecular flexibility index (Phi) is 4.72. The molecule has 0 bridgehead atoms. The molecule has 0 N–H and O–H groups in total. The second-order valence-electron chi connectivity index (χ2n) is 9.31. The van der Waals surface area contributed by atoms with Crippen molar-refractivity contribution in [2.24, 2.45) is 5.41 Å². The van der Waals surface area contributed by atoms with Gasteiger partial charge in [0.15, 0.2) is 5.78 Å². The van der Waals surface area contributed by atoms with Gasteiger partial charge in [-0.1, -0.05) is 19.9 Å². The van der Waals surface area contributed by atoms with Gasteiger partial charge in [0.25, 0.3) is 0 Å². The maximum absolute atomic E-state index is 13.5. The number of nitrogens with zero attached hydrogens (tertiary/aromatic N) is 2. The molecule has 1 unspecified atom stereocenters. The molecule has 2 aliphatic carbocycles. The Hall–Kier alpha value is -2.23. The van der Waals surface area contributed by atoms with Crippen molar-refractivity contribution >= 4 is 39.4 Å². The highest BCUT2D eigenvalue weighted by molar-refractivity contribution is 7.16. The van der Waals surface area contributed by atoms with Crippen LogP contribution < -0.4 is 4.90 Å². The molecule has 3 heterocycles. The Morgan fingerprint density at radius 1 is 1.20 bits per heavy atom. The summed E-state index contributed by atoms with van der Waals surface area (Å²) < 4.78 is 0. The number of carbonyl (C=O) groups is 2. The zero-order chi connectivity index (χ0) is 21.0. The molecule has 2 aromatic heterocycles. The van der Waals surface area contributed by atoms with Gasteiger partial charge >= 0.3 is 0 Å². The lowest BCUT2D eigenvalue weighted by Gasteiger charge is -2.42. The molecule has 0 saturated heterocycles. The summed E-state index contributed by atoms with van der Waals surface area (Å²) in [6.07, 6.45) is 5.57. The van der Waals surface area contributed by atoms with E-state index in [-0.39, 0.29) is 23.0 Å². The summed E-state index contributed by atoms with van der Waals surface area (Å²) in [5.74, 6) is -0.00260. The van der Waals surface area contributed by atoms with E-state index in [0.717, 1.165) is 52.4 Å². The Morgan fingerprint density at radius 3 is 2.73 bits per heavy atom. The summed E-state index contributed by atoms with van der Waals surface area (Å²) in [5, 5.41) is 12.7. The fourth-order valence-electron chi connectivity index (χ4n) is 5.21. The second kappa shape index (κ2) is 7.18. The minimum Gasteiger partial charge on any atom is -0.294 e. The quantitative estimate of drug-likeness (QED) is 0.604. The van der Waals surface area contributed by atoms with Gasteiger partial charge in [-0.25, -0.2) is 0 Å². The topological polar surface area (TPSA) is 61.2 Å². The lowest BCUT2D eigenvalue weighted by molar-refractivity contribution is -0.120. The summed E-state index contributed by atoms with van der Waals surface area (Å²) in [7, 11) is 0. The number of aryl methyl sites for hydroxylation is 1. The molecule has 30 heavy (non-hydrogen) atoms. The van der Waals surface area contributed by atoms with Gasteiger partial charge in [0.05, 0.1) is 5.56 Å². The first-order valence-corrected chi connectivity index (χ1v) is 12.3. The molecule has 5 rings (SSSR count). The first kappa shape index (κ1) is 19.7. The summed E-state index contributed by atoms with van der Waals surface area (Å²) in [6, 6.07) is 6.41. The lowest BCUT2D eigenvalue weighted by Crippen LogP contribution is -2.43. The summed E-state index contributed by atoms with van der Waals surface area (Å²) in [4.78, 5) is 30.9. The number of Topliss-reactive ketones (excluding diaryl/α,β-unsaturated/α-hetero) is 1. The maximum atomic E-state index is 13.5. The number of fused-ring (bicyclic) bond motifs is 1. The molecular formula is C24H24N2O2S2. The average Bonchev–Trinajstić information content (AvgIpc) is 3.33. The highest BCUT2D eigenvalue weighted by atomic mass is 32.1. The van der Waals surface area contributed by atoms with E-state index < -0.39 is 0 Å². The van der Waals surface area contributed by atoms with Crippen LogP contribution in [0.2, 0.25) is 0 Å². The second-order valence-corrected chi connectivity index (χ2v) is 11.4. The number of anilines is 1. The Labute approximate surface area is 184 Å². The summed E-state index contributed by atoms with van der Waals surface area (Å²) in [5.41, 5.74) is 3.21. The number of ketones is 1. The maximum Gasteiger partial charge on any atom is 0.232 e. The van der Waals surface area contributed by atoms with E-state index in [2.05, 4.69) is 19.9 Å².